The summed E-state index contributed by atoms with van der Waals surface area (Å²) >= 11 is 1.45. The van der Waals surface area contributed by atoms with E-state index in [1.807, 2.05) is 0 Å². The molecule has 1 saturated heterocycles. The van der Waals surface area contributed by atoms with E-state index in [-0.39, 0.29) is 11.9 Å². The molecular weight excluding hydrogens is 126 g/mol. The van der Waals surface area contributed by atoms with Gasteiger partial charge in [-0.1, -0.05) is 11.9 Å². The Hall–Kier alpha value is -0.260. The summed E-state index contributed by atoms with van der Waals surface area (Å²) in [5.41, 5.74) is 7.64. The zero-order chi connectivity index (χ0) is 5.98. The fourth-order valence-corrected chi connectivity index (χ4v) is 1.16. The van der Waals surface area contributed by atoms with E-state index in [0.29, 0.717) is 0 Å². The fraction of sp³-hybridized carbons (Fsp3) is 0.667. The lowest BCUT2D eigenvalue weighted by Crippen LogP contribution is -2.41. The third kappa shape index (κ3) is 1.12. The molecule has 0 aliphatic carbocycles. The summed E-state index contributed by atoms with van der Waals surface area (Å²) in [5.74, 6) is 0.414. The average molecular weight is 133 g/mol. The van der Waals surface area contributed by atoms with E-state index in [4.69, 9.17) is 5.73 Å². The van der Waals surface area contributed by atoms with Crippen LogP contribution >= 0.6 is 11.9 Å². The molecule has 0 saturated carbocycles. The number of nitrogens with two attached hydrogens (primary N) is 1. The fourth-order valence-electron chi connectivity index (χ4n) is 0.433. The highest BCUT2D eigenvalue weighted by Gasteiger charge is 2.18. The number of rotatable bonds is 1. The van der Waals surface area contributed by atoms with Crippen LogP contribution in [-0.2, 0) is 4.79 Å². The second kappa shape index (κ2) is 2.34. The molecule has 0 aromatic carbocycles. The third-order valence-corrected chi connectivity index (χ3v) is 1.66. The number of amides is 1. The van der Waals surface area contributed by atoms with Gasteiger partial charge in [-0.25, -0.2) is 10.3 Å². The smallest absolute Gasteiger partial charge is 0.236 e. The summed E-state index contributed by atoms with van der Waals surface area (Å²) in [7, 11) is 0. The van der Waals surface area contributed by atoms with Crippen LogP contribution in [-0.4, -0.2) is 17.7 Å². The molecule has 0 aromatic rings. The lowest BCUT2D eigenvalue weighted by atomic mass is 10.3. The predicted molar refractivity (Wildman–Crippen MR) is 31.7 cm³/mol. The monoisotopic (exact) mass is 133 g/mol. The van der Waals surface area contributed by atoms with Gasteiger partial charge in [0.2, 0.25) is 5.91 Å². The first-order valence-electron chi connectivity index (χ1n) is 2.22. The predicted octanol–water partition coefficient (Wildman–Crippen LogP) is -1.40. The molecule has 0 bridgehead atoms. The van der Waals surface area contributed by atoms with Gasteiger partial charge in [0.15, 0.2) is 0 Å². The van der Waals surface area contributed by atoms with Gasteiger partial charge in [-0.3, -0.25) is 4.79 Å². The molecule has 4 nitrogen and oxygen atoms in total. The summed E-state index contributed by atoms with van der Waals surface area (Å²) in [4.78, 5) is 13.0. The van der Waals surface area contributed by atoms with Crippen LogP contribution < -0.4 is 16.0 Å². The van der Waals surface area contributed by atoms with Gasteiger partial charge in [0.25, 0.3) is 0 Å². The summed E-state index contributed by atoms with van der Waals surface area (Å²) < 4.78 is 0. The number of carbonyl (C=O) groups excluding carboxylic acids is 1. The molecule has 1 rings (SSSR count). The first-order chi connectivity index (χ1) is 3.80. The first-order valence-corrected chi connectivity index (χ1v) is 3.21. The molecular formula is C3H7N3OS. The molecule has 0 spiro atoms. The number of carbonyl (C=O) groups is 1. The van der Waals surface area contributed by atoms with Gasteiger partial charge in [0.05, 0.1) is 0 Å². The zero-order valence-corrected chi connectivity index (χ0v) is 4.99. The molecule has 1 heterocycles. The molecule has 1 aliphatic rings. The minimum absolute atomic E-state index is 0.194. The number of primary amides is 1. The molecule has 1 fully saturated rings. The van der Waals surface area contributed by atoms with Crippen LogP contribution in [0.5, 0.6) is 0 Å². The number of nitrogens with one attached hydrogen (secondary N) is 2. The van der Waals surface area contributed by atoms with Crippen molar-refractivity contribution in [3.05, 3.63) is 0 Å². The minimum atomic E-state index is -0.303. The quantitative estimate of drug-likeness (QED) is 0.385. The molecule has 0 radical (unpaired) electrons. The van der Waals surface area contributed by atoms with Gasteiger partial charge in [-0.2, -0.15) is 0 Å². The second-order valence-corrected chi connectivity index (χ2v) is 2.34. The molecule has 1 amide bonds. The van der Waals surface area contributed by atoms with E-state index >= 15 is 0 Å². The van der Waals surface area contributed by atoms with Gasteiger partial charge in [0.1, 0.15) is 6.04 Å². The average Bonchev–Trinajstić information content (AvgIpc) is 2.12. The lowest BCUT2D eigenvalue weighted by molar-refractivity contribution is -0.119. The first kappa shape index (κ1) is 5.87. The van der Waals surface area contributed by atoms with E-state index < -0.39 is 0 Å². The van der Waals surface area contributed by atoms with Crippen molar-refractivity contribution < 1.29 is 4.79 Å². The van der Waals surface area contributed by atoms with E-state index in [2.05, 4.69) is 10.3 Å². The van der Waals surface area contributed by atoms with Crippen molar-refractivity contribution in [2.24, 2.45) is 5.73 Å². The summed E-state index contributed by atoms with van der Waals surface area (Å²) in [6.45, 7) is 0. The Morgan fingerprint density at radius 2 is 2.62 bits per heavy atom. The molecule has 1 unspecified atom stereocenters. The van der Waals surface area contributed by atoms with Gasteiger partial charge >= 0.3 is 0 Å². The standard InChI is InChI=1S/C3H7N3OS/c4-3(7)2-1-8-6-5-2/h2,5-6H,1H2,(H2,4,7). The second-order valence-electron chi connectivity index (χ2n) is 1.51. The van der Waals surface area contributed by atoms with Crippen LogP contribution in [0, 0.1) is 0 Å². The van der Waals surface area contributed by atoms with Crippen LogP contribution in [0.2, 0.25) is 0 Å². The van der Waals surface area contributed by atoms with Crippen LogP contribution in [0.3, 0.4) is 0 Å². The Labute approximate surface area is 51.3 Å². The van der Waals surface area contributed by atoms with E-state index in [1.165, 1.54) is 11.9 Å². The summed E-state index contributed by atoms with van der Waals surface area (Å²) in [6, 6.07) is -0.194. The Morgan fingerprint density at radius 1 is 1.88 bits per heavy atom. The summed E-state index contributed by atoms with van der Waals surface area (Å²) in [6.07, 6.45) is 0. The molecule has 5 heteroatoms. The maximum atomic E-state index is 10.3. The highest BCUT2D eigenvalue weighted by Crippen LogP contribution is 2.01. The van der Waals surface area contributed by atoms with E-state index in [9.17, 15) is 4.79 Å². The number of hydrogen-bond acceptors (Lipinski definition) is 4. The van der Waals surface area contributed by atoms with Gasteiger partial charge in [0, 0.05) is 5.75 Å². The largest absolute Gasteiger partial charge is 0.368 e. The van der Waals surface area contributed by atoms with Gasteiger partial charge in [-0.05, 0) is 0 Å². The Morgan fingerprint density at radius 3 is 2.88 bits per heavy atom. The van der Waals surface area contributed by atoms with Crippen molar-refractivity contribution in [3.63, 3.8) is 0 Å². The van der Waals surface area contributed by atoms with Crippen molar-refractivity contribution in [2.75, 3.05) is 5.75 Å². The maximum absolute atomic E-state index is 10.3. The number of hydrazine groups is 1. The van der Waals surface area contributed by atoms with E-state index in [1.54, 1.807) is 0 Å². The third-order valence-electron chi connectivity index (χ3n) is 0.899. The zero-order valence-electron chi connectivity index (χ0n) is 4.18. The Balaban J connectivity index is 2.35. The van der Waals surface area contributed by atoms with Crippen molar-refractivity contribution in [1.29, 1.82) is 0 Å². The normalized spacial score (nSPS) is 28.2. The molecule has 4 N–H and O–H groups in total. The van der Waals surface area contributed by atoms with Gasteiger partial charge < -0.3 is 5.73 Å². The topological polar surface area (TPSA) is 67.2 Å². The van der Waals surface area contributed by atoms with Crippen molar-refractivity contribution in [3.8, 4) is 0 Å². The van der Waals surface area contributed by atoms with Crippen molar-refractivity contribution in [1.82, 2.24) is 10.3 Å². The Bertz CT molecular complexity index is 101. The van der Waals surface area contributed by atoms with Gasteiger partial charge in [-0.15, -0.1) is 0 Å². The molecule has 1 atom stereocenters. The SMILES string of the molecule is NC(=O)C1CSNN1. The minimum Gasteiger partial charge on any atom is -0.368 e. The van der Waals surface area contributed by atoms with Crippen molar-refractivity contribution in [2.45, 2.75) is 6.04 Å². The highest BCUT2D eigenvalue weighted by atomic mass is 32.2. The molecule has 1 aliphatic heterocycles. The van der Waals surface area contributed by atoms with Crippen LogP contribution in [0.4, 0.5) is 0 Å². The molecule has 8 heavy (non-hydrogen) atoms. The lowest BCUT2D eigenvalue weighted by Gasteiger charge is -1.99. The van der Waals surface area contributed by atoms with Crippen LogP contribution in [0.15, 0.2) is 0 Å². The highest BCUT2D eigenvalue weighted by molar-refractivity contribution is 7.97. The maximum Gasteiger partial charge on any atom is 0.236 e. The Kier molecular flexibility index (Phi) is 1.72. The van der Waals surface area contributed by atoms with Crippen molar-refractivity contribution >= 4 is 17.9 Å². The van der Waals surface area contributed by atoms with Crippen LogP contribution in [0.1, 0.15) is 0 Å². The molecule has 0 aromatic heterocycles. The number of hydrogen-bond donors (Lipinski definition) is 3. The van der Waals surface area contributed by atoms with Crippen LogP contribution in [0.25, 0.3) is 0 Å². The summed E-state index contributed by atoms with van der Waals surface area (Å²) in [5, 5.41) is 0. The van der Waals surface area contributed by atoms with E-state index in [0.717, 1.165) is 5.75 Å². The molecule has 46 valence electrons.